The van der Waals surface area contributed by atoms with E-state index in [9.17, 15) is 9.59 Å². The number of fused-ring (bicyclic) bond motifs is 1. The summed E-state index contributed by atoms with van der Waals surface area (Å²) >= 11 is 6.21. The second kappa shape index (κ2) is 11.4. The van der Waals surface area contributed by atoms with Crippen molar-refractivity contribution in [3.8, 4) is 17.0 Å². The Morgan fingerprint density at radius 3 is 2.41 bits per heavy atom. The monoisotopic (exact) mass is 538 g/mol. The molecule has 8 heteroatoms. The number of aromatic nitrogens is 2. The molecule has 2 N–H and O–H groups in total. The zero-order valence-corrected chi connectivity index (χ0v) is 22.3. The lowest BCUT2D eigenvalue weighted by Gasteiger charge is -2.11. The van der Waals surface area contributed by atoms with Crippen LogP contribution in [-0.2, 0) is 4.79 Å². The molecule has 0 spiro atoms. The van der Waals surface area contributed by atoms with Crippen molar-refractivity contribution < 1.29 is 14.3 Å². The van der Waals surface area contributed by atoms with Gasteiger partial charge in [-0.05, 0) is 73.5 Å². The summed E-state index contributed by atoms with van der Waals surface area (Å²) < 4.78 is 7.39. The molecule has 0 aliphatic rings. The molecular weight excluding hydrogens is 512 g/mol. The van der Waals surface area contributed by atoms with Gasteiger partial charge in [0.1, 0.15) is 12.3 Å². The van der Waals surface area contributed by atoms with Crippen molar-refractivity contribution in [1.82, 2.24) is 9.38 Å². The van der Waals surface area contributed by atoms with Crippen LogP contribution in [0.15, 0.2) is 91.1 Å². The molecule has 39 heavy (non-hydrogen) atoms. The minimum Gasteiger partial charge on any atom is -0.476 e. The van der Waals surface area contributed by atoms with E-state index in [1.54, 1.807) is 28.8 Å². The van der Waals surface area contributed by atoms with Gasteiger partial charge in [0.2, 0.25) is 5.88 Å². The third-order valence-corrected chi connectivity index (χ3v) is 6.36. The summed E-state index contributed by atoms with van der Waals surface area (Å²) in [5, 5.41) is 6.46. The quantitative estimate of drug-likeness (QED) is 0.126. The molecule has 7 nitrogen and oxygen atoms in total. The molecule has 3 heterocycles. The van der Waals surface area contributed by atoms with Crippen LogP contribution in [0.25, 0.3) is 16.6 Å². The Morgan fingerprint density at radius 2 is 1.67 bits per heavy atom. The summed E-state index contributed by atoms with van der Waals surface area (Å²) in [6.45, 7) is 4.96. The number of nitrogens with one attached hydrogen (secondary N) is 2. The number of rotatable bonds is 9. The zero-order valence-electron chi connectivity index (χ0n) is 21.6. The molecule has 2 aromatic carbocycles. The second-order valence-electron chi connectivity index (χ2n) is 9.17. The number of anilines is 2. The molecule has 5 rings (SSSR count). The number of carbonyl (C=O) groups excluding carboxylic acids is 2. The molecule has 0 unspecified atom stereocenters. The molecule has 0 fully saturated rings. The molecule has 0 saturated carbocycles. The number of ketones is 1. The van der Waals surface area contributed by atoms with E-state index in [4.69, 9.17) is 16.3 Å². The predicted octanol–water partition coefficient (Wildman–Crippen LogP) is 6.58. The van der Waals surface area contributed by atoms with Gasteiger partial charge in [-0.15, -0.1) is 0 Å². The Kier molecular flexibility index (Phi) is 7.61. The minimum absolute atomic E-state index is 0.257. The molecule has 3 aromatic heterocycles. The van der Waals surface area contributed by atoms with E-state index in [1.165, 1.54) is 0 Å². The van der Waals surface area contributed by atoms with Gasteiger partial charge < -0.3 is 19.8 Å². The van der Waals surface area contributed by atoms with Crippen molar-refractivity contribution in [1.29, 1.82) is 0 Å². The number of ether oxygens (including phenoxy) is 1. The molecule has 0 aliphatic heterocycles. The summed E-state index contributed by atoms with van der Waals surface area (Å²) in [4.78, 5) is 30.8. The van der Waals surface area contributed by atoms with Crippen molar-refractivity contribution in [2.24, 2.45) is 0 Å². The Morgan fingerprint density at radius 1 is 0.923 bits per heavy atom. The smallest absolute Gasteiger partial charge is 0.298 e. The summed E-state index contributed by atoms with van der Waals surface area (Å²) in [5.74, 6) is -0.789. The predicted molar refractivity (Wildman–Crippen MR) is 155 cm³/mol. The molecular formula is C31H27ClN4O3. The van der Waals surface area contributed by atoms with Crippen LogP contribution in [0.2, 0.25) is 5.02 Å². The third-order valence-electron chi connectivity index (χ3n) is 6.14. The summed E-state index contributed by atoms with van der Waals surface area (Å²) in [7, 11) is 0. The zero-order chi connectivity index (χ0) is 27.4. The van der Waals surface area contributed by atoms with E-state index in [0.717, 1.165) is 28.0 Å². The van der Waals surface area contributed by atoms with E-state index in [-0.39, 0.29) is 5.69 Å². The highest BCUT2D eigenvalue weighted by Gasteiger charge is 2.25. The average molecular weight is 539 g/mol. The molecule has 0 atom stereocenters. The Labute approximate surface area is 231 Å². The largest absolute Gasteiger partial charge is 0.476 e. The number of amides is 1. The number of carbonyl (C=O) groups is 2. The first kappa shape index (κ1) is 26.0. The van der Waals surface area contributed by atoms with Crippen LogP contribution in [0.3, 0.4) is 0 Å². The van der Waals surface area contributed by atoms with E-state index >= 15 is 0 Å². The summed E-state index contributed by atoms with van der Waals surface area (Å²) in [5.41, 5.74) is 5.91. The van der Waals surface area contributed by atoms with Gasteiger partial charge in [0.05, 0.1) is 5.02 Å². The fourth-order valence-corrected chi connectivity index (χ4v) is 4.57. The van der Waals surface area contributed by atoms with Gasteiger partial charge >= 0.3 is 0 Å². The molecule has 0 radical (unpaired) electrons. The van der Waals surface area contributed by atoms with Crippen LogP contribution in [0.4, 0.5) is 11.4 Å². The molecule has 0 saturated heterocycles. The van der Waals surface area contributed by atoms with Crippen molar-refractivity contribution >= 4 is 40.2 Å². The lowest BCUT2D eigenvalue weighted by Crippen LogP contribution is -2.24. The third kappa shape index (κ3) is 6.10. The maximum atomic E-state index is 13.4. The van der Waals surface area contributed by atoms with E-state index in [2.05, 4.69) is 15.6 Å². The molecule has 1 amide bonds. The van der Waals surface area contributed by atoms with Crippen LogP contribution < -0.4 is 15.4 Å². The minimum atomic E-state index is -0.734. The highest BCUT2D eigenvalue weighted by molar-refractivity contribution is 6.47. The van der Waals surface area contributed by atoms with E-state index in [0.29, 0.717) is 35.3 Å². The van der Waals surface area contributed by atoms with Crippen LogP contribution in [0.1, 0.15) is 21.7 Å². The highest BCUT2D eigenvalue weighted by Crippen LogP contribution is 2.29. The van der Waals surface area contributed by atoms with Gasteiger partial charge in [0.25, 0.3) is 11.7 Å². The molecule has 5 aromatic rings. The van der Waals surface area contributed by atoms with Crippen molar-refractivity contribution in [3.63, 3.8) is 0 Å². The van der Waals surface area contributed by atoms with Gasteiger partial charge in [0, 0.05) is 47.0 Å². The maximum Gasteiger partial charge on any atom is 0.298 e. The van der Waals surface area contributed by atoms with Crippen LogP contribution in [0, 0.1) is 13.8 Å². The fourth-order valence-electron chi connectivity index (χ4n) is 4.41. The lowest BCUT2D eigenvalue weighted by atomic mass is 10.0. The topological polar surface area (TPSA) is 84.7 Å². The summed E-state index contributed by atoms with van der Waals surface area (Å²) in [6, 6.07) is 26.0. The molecule has 0 aliphatic carbocycles. The number of hydrogen-bond acceptors (Lipinski definition) is 5. The number of Topliss-reactive ketones (excluding diaryl/α,β-unsaturated/α-hetero) is 1. The number of halogens is 1. The van der Waals surface area contributed by atoms with Crippen molar-refractivity contribution in [2.45, 2.75) is 13.8 Å². The van der Waals surface area contributed by atoms with Crippen molar-refractivity contribution in [2.75, 3.05) is 23.8 Å². The molecule has 0 bridgehead atoms. The van der Waals surface area contributed by atoms with Gasteiger partial charge in [0.15, 0.2) is 0 Å². The van der Waals surface area contributed by atoms with Crippen LogP contribution in [0.5, 0.6) is 5.88 Å². The fraction of sp³-hybridized carbons (Fsp3) is 0.129. The lowest BCUT2D eigenvalue weighted by molar-refractivity contribution is -0.112. The van der Waals surface area contributed by atoms with E-state index in [1.807, 2.05) is 80.6 Å². The number of hydrogen-bond donors (Lipinski definition) is 2. The number of aryl methyl sites for hydroxylation is 2. The van der Waals surface area contributed by atoms with Crippen molar-refractivity contribution in [3.05, 3.63) is 113 Å². The SMILES string of the molecule is Cc1cc(C)nc(OCCNc2ccc(NC(=O)C(=O)c3c(-c4ccccc4)cc4ccc(Cl)cn34)cc2)c1. The van der Waals surface area contributed by atoms with Gasteiger partial charge in [-0.3, -0.25) is 9.59 Å². The van der Waals surface area contributed by atoms with Crippen LogP contribution in [-0.4, -0.2) is 34.2 Å². The number of nitrogens with zero attached hydrogens (tertiary/aromatic N) is 2. The van der Waals surface area contributed by atoms with Gasteiger partial charge in [-0.25, -0.2) is 4.98 Å². The first-order valence-electron chi connectivity index (χ1n) is 12.5. The number of benzene rings is 2. The number of pyridine rings is 2. The Balaban J connectivity index is 1.25. The maximum absolute atomic E-state index is 13.4. The first-order valence-corrected chi connectivity index (χ1v) is 12.9. The van der Waals surface area contributed by atoms with E-state index < -0.39 is 11.7 Å². The first-order chi connectivity index (χ1) is 18.9. The average Bonchev–Trinajstić information content (AvgIpc) is 3.30. The second-order valence-corrected chi connectivity index (χ2v) is 9.61. The summed E-state index contributed by atoms with van der Waals surface area (Å²) in [6.07, 6.45) is 1.64. The normalized spacial score (nSPS) is 10.8. The highest BCUT2D eigenvalue weighted by atomic mass is 35.5. The Bertz CT molecular complexity index is 1630. The van der Waals surface area contributed by atoms with Crippen LogP contribution >= 0.6 is 11.6 Å². The Hall–Kier alpha value is -4.62. The van der Waals surface area contributed by atoms with Gasteiger partial charge in [-0.2, -0.15) is 0 Å². The standard InChI is InChI=1S/C31H27ClN4O3/c1-20-16-21(2)34-28(17-20)39-15-14-33-24-9-11-25(12-10-24)35-31(38)30(37)29-27(22-6-4-3-5-7-22)18-26-13-8-23(32)19-36(26)29/h3-13,16-19,33H,14-15H2,1-2H3,(H,35,38). The van der Waals surface area contributed by atoms with Gasteiger partial charge in [-0.1, -0.05) is 41.9 Å². The molecule has 196 valence electrons.